The van der Waals surface area contributed by atoms with Crippen LogP contribution >= 0.6 is 0 Å². The van der Waals surface area contributed by atoms with Crippen molar-refractivity contribution in [3.05, 3.63) is 12.2 Å². The summed E-state index contributed by atoms with van der Waals surface area (Å²) in [4.78, 5) is 9.80. The topological polar surface area (TPSA) is 71.4 Å². The van der Waals surface area contributed by atoms with Crippen LogP contribution in [-0.4, -0.2) is 31.5 Å². The van der Waals surface area contributed by atoms with E-state index in [2.05, 4.69) is 0 Å². The highest BCUT2D eigenvalue weighted by Crippen LogP contribution is 1.83. The largest absolute Gasteiger partial charge is 0.478 e. The Hall–Kier alpha value is -0.840. The molecular formula is C5H8O4S. The van der Waals surface area contributed by atoms with E-state index in [0.29, 0.717) is 0 Å². The normalized spacial score (nSPS) is 12.1. The zero-order valence-electron chi connectivity index (χ0n) is 5.44. The highest BCUT2D eigenvalue weighted by molar-refractivity contribution is 7.90. The third kappa shape index (κ3) is 7.16. The molecule has 0 spiro atoms. The van der Waals surface area contributed by atoms with Crippen LogP contribution < -0.4 is 0 Å². The molecule has 0 unspecified atom stereocenters. The van der Waals surface area contributed by atoms with Gasteiger partial charge >= 0.3 is 5.97 Å². The number of carbonyl (C=O) groups is 1. The van der Waals surface area contributed by atoms with Crippen LogP contribution in [0, 0.1) is 0 Å². The summed E-state index contributed by atoms with van der Waals surface area (Å²) in [6.07, 6.45) is 2.94. The van der Waals surface area contributed by atoms with Crippen molar-refractivity contribution in [3.63, 3.8) is 0 Å². The molecule has 0 aromatic heterocycles. The van der Waals surface area contributed by atoms with Crippen molar-refractivity contribution in [1.29, 1.82) is 0 Å². The Balaban J connectivity index is 3.88. The zero-order valence-corrected chi connectivity index (χ0v) is 6.26. The molecular weight excluding hydrogens is 156 g/mol. The van der Waals surface area contributed by atoms with Crippen molar-refractivity contribution in [2.45, 2.75) is 0 Å². The lowest BCUT2D eigenvalue weighted by atomic mass is 10.5. The van der Waals surface area contributed by atoms with E-state index in [4.69, 9.17) is 5.11 Å². The Morgan fingerprint density at radius 3 is 2.40 bits per heavy atom. The van der Waals surface area contributed by atoms with E-state index in [1.807, 2.05) is 0 Å². The van der Waals surface area contributed by atoms with Crippen LogP contribution in [0.3, 0.4) is 0 Å². The molecule has 0 amide bonds. The van der Waals surface area contributed by atoms with Gasteiger partial charge in [0.15, 0.2) is 9.84 Å². The SMILES string of the molecule is CS(=O)(=O)C/C=C/C(=O)O. The second-order valence-electron chi connectivity index (χ2n) is 1.83. The van der Waals surface area contributed by atoms with Crippen LogP contribution in [0.2, 0.25) is 0 Å². The first-order valence-electron chi connectivity index (χ1n) is 2.49. The number of rotatable bonds is 3. The molecule has 0 atom stereocenters. The van der Waals surface area contributed by atoms with Crippen molar-refractivity contribution >= 4 is 15.8 Å². The minimum Gasteiger partial charge on any atom is -0.478 e. The van der Waals surface area contributed by atoms with E-state index in [0.717, 1.165) is 18.4 Å². The van der Waals surface area contributed by atoms with Crippen LogP contribution in [0.15, 0.2) is 12.2 Å². The maximum absolute atomic E-state index is 10.4. The van der Waals surface area contributed by atoms with Gasteiger partial charge in [-0.25, -0.2) is 13.2 Å². The lowest BCUT2D eigenvalue weighted by molar-refractivity contribution is -0.131. The van der Waals surface area contributed by atoms with Gasteiger partial charge in [-0.15, -0.1) is 0 Å². The van der Waals surface area contributed by atoms with Crippen molar-refractivity contribution in [3.8, 4) is 0 Å². The van der Waals surface area contributed by atoms with Crippen LogP contribution in [0.5, 0.6) is 0 Å². The van der Waals surface area contributed by atoms with E-state index < -0.39 is 15.8 Å². The summed E-state index contributed by atoms with van der Waals surface area (Å²) in [5.74, 6) is -1.36. The summed E-state index contributed by atoms with van der Waals surface area (Å²) >= 11 is 0. The summed E-state index contributed by atoms with van der Waals surface area (Å²) in [5, 5.41) is 8.03. The molecule has 10 heavy (non-hydrogen) atoms. The molecule has 0 aliphatic carbocycles. The second kappa shape index (κ2) is 3.36. The molecule has 58 valence electrons. The van der Waals surface area contributed by atoms with Gasteiger partial charge in [0.2, 0.25) is 0 Å². The molecule has 0 saturated carbocycles. The first-order valence-corrected chi connectivity index (χ1v) is 4.55. The highest BCUT2D eigenvalue weighted by atomic mass is 32.2. The lowest BCUT2D eigenvalue weighted by Crippen LogP contribution is -2.00. The first kappa shape index (κ1) is 9.16. The third-order valence-electron chi connectivity index (χ3n) is 0.659. The van der Waals surface area contributed by atoms with Crippen molar-refractivity contribution in [2.24, 2.45) is 0 Å². The lowest BCUT2D eigenvalue weighted by Gasteiger charge is -1.86. The molecule has 0 aromatic rings. The molecule has 0 bridgehead atoms. The molecule has 0 saturated heterocycles. The van der Waals surface area contributed by atoms with Crippen LogP contribution in [-0.2, 0) is 14.6 Å². The van der Waals surface area contributed by atoms with Gasteiger partial charge in [-0.05, 0) is 0 Å². The molecule has 0 aliphatic rings. The second-order valence-corrected chi connectivity index (χ2v) is 4.02. The highest BCUT2D eigenvalue weighted by Gasteiger charge is 1.96. The minimum absolute atomic E-state index is 0.223. The van der Waals surface area contributed by atoms with E-state index >= 15 is 0 Å². The van der Waals surface area contributed by atoms with E-state index in [9.17, 15) is 13.2 Å². The Morgan fingerprint density at radius 2 is 2.10 bits per heavy atom. The molecule has 0 rings (SSSR count). The smallest absolute Gasteiger partial charge is 0.328 e. The number of carboxylic acids is 1. The molecule has 0 fully saturated rings. The number of hydrogen-bond acceptors (Lipinski definition) is 3. The standard InChI is InChI=1S/C5H8O4S/c1-10(8,9)4-2-3-5(6)7/h2-3H,4H2,1H3,(H,6,7)/b3-2+. The molecule has 0 aliphatic heterocycles. The van der Waals surface area contributed by atoms with Gasteiger partial charge in [0.25, 0.3) is 0 Å². The Kier molecular flexibility index (Phi) is 3.08. The Labute approximate surface area is 59.1 Å². The fourth-order valence-corrected chi connectivity index (χ4v) is 0.770. The molecule has 0 aromatic carbocycles. The average Bonchev–Trinajstić information content (AvgIpc) is 1.59. The van der Waals surface area contributed by atoms with Gasteiger partial charge in [0.05, 0.1) is 5.75 Å². The van der Waals surface area contributed by atoms with Gasteiger partial charge in [-0.2, -0.15) is 0 Å². The van der Waals surface area contributed by atoms with Crippen molar-refractivity contribution < 1.29 is 18.3 Å². The minimum atomic E-state index is -3.07. The summed E-state index contributed by atoms with van der Waals surface area (Å²) in [7, 11) is -3.07. The van der Waals surface area contributed by atoms with Gasteiger partial charge in [0.1, 0.15) is 0 Å². The Morgan fingerprint density at radius 1 is 1.60 bits per heavy atom. The predicted molar refractivity (Wildman–Crippen MR) is 36.5 cm³/mol. The fraction of sp³-hybridized carbons (Fsp3) is 0.400. The molecule has 1 N–H and O–H groups in total. The van der Waals surface area contributed by atoms with Crippen LogP contribution in [0.25, 0.3) is 0 Å². The molecule has 5 heteroatoms. The van der Waals surface area contributed by atoms with Crippen LogP contribution in [0.1, 0.15) is 0 Å². The average molecular weight is 164 g/mol. The monoisotopic (exact) mass is 164 g/mol. The third-order valence-corrected chi connectivity index (χ3v) is 1.46. The maximum Gasteiger partial charge on any atom is 0.328 e. The quantitative estimate of drug-likeness (QED) is 0.580. The molecule has 0 radical (unpaired) electrons. The van der Waals surface area contributed by atoms with E-state index in [1.165, 1.54) is 0 Å². The Bertz CT molecular complexity index is 236. The number of hydrogen-bond donors (Lipinski definition) is 1. The van der Waals surface area contributed by atoms with Crippen molar-refractivity contribution in [2.75, 3.05) is 12.0 Å². The summed E-state index contributed by atoms with van der Waals surface area (Å²) in [5.41, 5.74) is 0. The number of sulfone groups is 1. The molecule has 0 heterocycles. The van der Waals surface area contributed by atoms with E-state index in [1.54, 1.807) is 0 Å². The number of carboxylic acid groups (broad SMARTS) is 1. The predicted octanol–water partition coefficient (Wildman–Crippen LogP) is -0.328. The maximum atomic E-state index is 10.4. The van der Waals surface area contributed by atoms with Gasteiger partial charge < -0.3 is 5.11 Å². The van der Waals surface area contributed by atoms with Crippen molar-refractivity contribution in [1.82, 2.24) is 0 Å². The van der Waals surface area contributed by atoms with Gasteiger partial charge in [-0.1, -0.05) is 6.08 Å². The van der Waals surface area contributed by atoms with E-state index in [-0.39, 0.29) is 5.75 Å². The van der Waals surface area contributed by atoms with Gasteiger partial charge in [0, 0.05) is 12.3 Å². The summed E-state index contributed by atoms with van der Waals surface area (Å²) in [6.45, 7) is 0. The van der Waals surface area contributed by atoms with Gasteiger partial charge in [-0.3, -0.25) is 0 Å². The summed E-state index contributed by atoms with van der Waals surface area (Å²) in [6, 6.07) is 0. The molecule has 4 nitrogen and oxygen atoms in total. The summed E-state index contributed by atoms with van der Waals surface area (Å²) < 4.78 is 20.7. The first-order chi connectivity index (χ1) is 4.42. The van der Waals surface area contributed by atoms with Crippen LogP contribution in [0.4, 0.5) is 0 Å². The number of aliphatic carboxylic acids is 1. The fourth-order valence-electron chi connectivity index (χ4n) is 0.324. The zero-order chi connectivity index (χ0) is 8.20.